The molecule has 4 heteroatoms. The molecule has 21 heavy (non-hydrogen) atoms. The van der Waals surface area contributed by atoms with E-state index in [4.69, 9.17) is 0 Å². The predicted octanol–water partition coefficient (Wildman–Crippen LogP) is 3.93. The molecule has 0 atom stereocenters. The van der Waals surface area contributed by atoms with Crippen LogP contribution in [0.5, 0.6) is 0 Å². The van der Waals surface area contributed by atoms with E-state index in [1.165, 1.54) is 13.5 Å². The number of nitrogens with two attached hydrogens (primary N) is 1. The Hall–Kier alpha value is -1.00. The Morgan fingerprint density at radius 2 is 1.86 bits per heavy atom. The minimum atomic E-state index is 0.119. The number of amides is 1. The standard InChI is InChI=1S/C13H21NOS.C3H8.CH5N/c1-4-6-12(7-5-2)8-9-13(15)14-10-11-16-3;1-3-2;1-2/h4-7H,1,8-11H2,2-3H3,(H,14,15);3H2,1-2H3;2H2,1H3/b7-5-,12-6+;;. The van der Waals surface area contributed by atoms with Gasteiger partial charge >= 0.3 is 0 Å². The molecule has 0 aromatic heterocycles. The molecule has 0 aliphatic carbocycles. The lowest BCUT2D eigenvalue weighted by atomic mass is 10.1. The van der Waals surface area contributed by atoms with E-state index in [-0.39, 0.29) is 5.91 Å². The Balaban J connectivity index is -0.000000569. The van der Waals surface area contributed by atoms with E-state index in [1.807, 2.05) is 31.4 Å². The van der Waals surface area contributed by atoms with Crippen LogP contribution in [0.2, 0.25) is 0 Å². The van der Waals surface area contributed by atoms with Gasteiger partial charge in [0.1, 0.15) is 0 Å². The van der Waals surface area contributed by atoms with Crippen molar-refractivity contribution in [2.24, 2.45) is 5.73 Å². The summed E-state index contributed by atoms with van der Waals surface area (Å²) in [6.07, 6.45) is 12.3. The van der Waals surface area contributed by atoms with E-state index in [9.17, 15) is 4.79 Å². The molecule has 0 aromatic rings. The maximum absolute atomic E-state index is 11.4. The van der Waals surface area contributed by atoms with Gasteiger partial charge in [0.05, 0.1) is 0 Å². The van der Waals surface area contributed by atoms with Crippen molar-refractivity contribution in [2.45, 2.75) is 40.0 Å². The number of nitrogens with one attached hydrogen (secondary N) is 1. The van der Waals surface area contributed by atoms with Crippen LogP contribution in [0.3, 0.4) is 0 Å². The first kappa shape index (κ1) is 25.0. The topological polar surface area (TPSA) is 55.1 Å². The number of hydrogen-bond acceptors (Lipinski definition) is 3. The van der Waals surface area contributed by atoms with E-state index in [2.05, 4.69) is 31.5 Å². The quantitative estimate of drug-likeness (QED) is 0.527. The second-order valence-corrected chi connectivity index (χ2v) is 5.01. The number of hydrogen-bond donors (Lipinski definition) is 2. The van der Waals surface area contributed by atoms with Crippen LogP contribution in [0.1, 0.15) is 40.0 Å². The smallest absolute Gasteiger partial charge is 0.220 e. The van der Waals surface area contributed by atoms with Gasteiger partial charge < -0.3 is 11.1 Å². The van der Waals surface area contributed by atoms with Gasteiger partial charge in [0.2, 0.25) is 5.91 Å². The summed E-state index contributed by atoms with van der Waals surface area (Å²) in [6.45, 7) is 10.6. The number of carbonyl (C=O) groups excluding carboxylic acids is 1. The Bertz CT molecular complexity index is 287. The van der Waals surface area contributed by atoms with Crippen LogP contribution in [0.4, 0.5) is 0 Å². The molecule has 0 saturated heterocycles. The highest BCUT2D eigenvalue weighted by Crippen LogP contribution is 2.07. The van der Waals surface area contributed by atoms with Crippen LogP contribution in [0.25, 0.3) is 0 Å². The van der Waals surface area contributed by atoms with Crippen molar-refractivity contribution in [3.8, 4) is 0 Å². The lowest BCUT2D eigenvalue weighted by Crippen LogP contribution is -2.25. The van der Waals surface area contributed by atoms with Crippen molar-refractivity contribution in [1.29, 1.82) is 0 Å². The van der Waals surface area contributed by atoms with Crippen molar-refractivity contribution in [3.63, 3.8) is 0 Å². The molecular formula is C17H34N2OS. The fourth-order valence-electron chi connectivity index (χ4n) is 1.23. The maximum atomic E-state index is 11.4. The first-order valence-electron chi connectivity index (χ1n) is 7.43. The highest BCUT2D eigenvalue weighted by atomic mass is 32.2. The molecule has 0 bridgehead atoms. The molecule has 124 valence electrons. The van der Waals surface area contributed by atoms with E-state index >= 15 is 0 Å². The second kappa shape index (κ2) is 24.0. The van der Waals surface area contributed by atoms with Crippen LogP contribution in [-0.4, -0.2) is 31.5 Å². The summed E-state index contributed by atoms with van der Waals surface area (Å²) in [5.41, 5.74) is 5.64. The fourth-order valence-corrected chi connectivity index (χ4v) is 1.53. The molecule has 0 spiro atoms. The van der Waals surface area contributed by atoms with Gasteiger partial charge in [-0.1, -0.05) is 51.2 Å². The highest BCUT2D eigenvalue weighted by Gasteiger charge is 2.01. The highest BCUT2D eigenvalue weighted by molar-refractivity contribution is 7.98. The fraction of sp³-hybridized carbons (Fsp3) is 0.588. The summed E-state index contributed by atoms with van der Waals surface area (Å²) < 4.78 is 0. The number of allylic oxidation sites excluding steroid dienone is 5. The zero-order valence-corrected chi connectivity index (χ0v) is 15.3. The summed E-state index contributed by atoms with van der Waals surface area (Å²) in [5, 5.41) is 2.89. The minimum absolute atomic E-state index is 0.119. The van der Waals surface area contributed by atoms with E-state index in [0.29, 0.717) is 6.42 Å². The zero-order valence-electron chi connectivity index (χ0n) is 14.4. The van der Waals surface area contributed by atoms with E-state index < -0.39 is 0 Å². The first-order valence-corrected chi connectivity index (χ1v) is 8.83. The lowest BCUT2D eigenvalue weighted by molar-refractivity contribution is -0.120. The monoisotopic (exact) mass is 314 g/mol. The molecule has 3 N–H and O–H groups in total. The molecule has 0 aliphatic rings. The minimum Gasteiger partial charge on any atom is -0.355 e. The molecule has 0 aromatic carbocycles. The third-order valence-corrected chi connectivity index (χ3v) is 2.59. The van der Waals surface area contributed by atoms with Crippen molar-refractivity contribution >= 4 is 17.7 Å². The summed E-state index contributed by atoms with van der Waals surface area (Å²) in [6, 6.07) is 0. The normalized spacial score (nSPS) is 10.1. The summed E-state index contributed by atoms with van der Waals surface area (Å²) in [5.74, 6) is 1.09. The van der Waals surface area contributed by atoms with Crippen molar-refractivity contribution in [1.82, 2.24) is 5.32 Å². The third-order valence-electron chi connectivity index (χ3n) is 1.98. The molecule has 0 radical (unpaired) electrons. The lowest BCUT2D eigenvalue weighted by Gasteiger charge is -2.04. The SMILES string of the molecule is C=C/C=C(\C=C/C)CCC(=O)NCCSC.CCC.CN. The molecule has 0 saturated carbocycles. The third kappa shape index (κ3) is 24.4. The Kier molecular flexibility index (Phi) is 28.6. The van der Waals surface area contributed by atoms with Crippen molar-refractivity contribution < 1.29 is 4.79 Å². The van der Waals surface area contributed by atoms with Crippen LogP contribution in [0.15, 0.2) is 36.5 Å². The first-order chi connectivity index (χ1) is 10.2. The molecule has 3 nitrogen and oxygen atoms in total. The van der Waals surface area contributed by atoms with Gasteiger partial charge in [-0.15, -0.1) is 0 Å². The average Bonchev–Trinajstić information content (AvgIpc) is 2.48. The van der Waals surface area contributed by atoms with E-state index in [0.717, 1.165) is 24.3 Å². The Labute approximate surface area is 136 Å². The van der Waals surface area contributed by atoms with Crippen LogP contribution in [-0.2, 0) is 4.79 Å². The molecule has 0 aliphatic heterocycles. The average molecular weight is 315 g/mol. The van der Waals surface area contributed by atoms with Gasteiger partial charge in [-0.25, -0.2) is 0 Å². The van der Waals surface area contributed by atoms with Gasteiger partial charge in [0.25, 0.3) is 0 Å². The summed E-state index contributed by atoms with van der Waals surface area (Å²) >= 11 is 1.73. The zero-order chi connectivity index (χ0) is 16.9. The summed E-state index contributed by atoms with van der Waals surface area (Å²) in [4.78, 5) is 11.4. The predicted molar refractivity (Wildman–Crippen MR) is 99.8 cm³/mol. The molecule has 0 fully saturated rings. The largest absolute Gasteiger partial charge is 0.355 e. The van der Waals surface area contributed by atoms with Crippen LogP contribution < -0.4 is 11.1 Å². The van der Waals surface area contributed by atoms with Crippen molar-refractivity contribution in [2.75, 3.05) is 25.6 Å². The Morgan fingerprint density at radius 3 is 2.29 bits per heavy atom. The van der Waals surface area contributed by atoms with Gasteiger partial charge in [0.15, 0.2) is 0 Å². The van der Waals surface area contributed by atoms with Crippen LogP contribution >= 0.6 is 11.8 Å². The number of rotatable bonds is 8. The van der Waals surface area contributed by atoms with Gasteiger partial charge in [-0.05, 0) is 32.2 Å². The van der Waals surface area contributed by atoms with Crippen LogP contribution in [0, 0.1) is 0 Å². The molecule has 1 amide bonds. The molecule has 0 rings (SSSR count). The van der Waals surface area contributed by atoms with Crippen molar-refractivity contribution in [3.05, 3.63) is 36.5 Å². The molecule has 0 unspecified atom stereocenters. The second-order valence-electron chi connectivity index (χ2n) is 4.03. The maximum Gasteiger partial charge on any atom is 0.220 e. The Morgan fingerprint density at radius 1 is 1.29 bits per heavy atom. The number of thioether (sulfide) groups is 1. The van der Waals surface area contributed by atoms with Gasteiger partial charge in [-0.2, -0.15) is 11.8 Å². The van der Waals surface area contributed by atoms with Gasteiger partial charge in [0, 0.05) is 18.7 Å². The van der Waals surface area contributed by atoms with E-state index in [1.54, 1.807) is 17.8 Å². The number of carbonyl (C=O) groups is 1. The molecular weight excluding hydrogens is 280 g/mol. The van der Waals surface area contributed by atoms with Gasteiger partial charge in [-0.3, -0.25) is 4.79 Å². The molecule has 0 heterocycles. The summed E-state index contributed by atoms with van der Waals surface area (Å²) in [7, 11) is 1.50.